The number of carbonyl (C=O) groups excluding carboxylic acids is 1. The third-order valence-corrected chi connectivity index (χ3v) is 1.40. The molecule has 0 saturated carbocycles. The molecular formula is C10H16N2O2V. The molecule has 3 N–H and O–H groups in total. The van der Waals surface area contributed by atoms with Crippen molar-refractivity contribution in [3.05, 3.63) is 29.8 Å². The number of carbonyl (C=O) groups is 1. The molecule has 0 aliphatic rings. The van der Waals surface area contributed by atoms with Crippen molar-refractivity contribution in [3.63, 3.8) is 0 Å². The normalized spacial score (nSPS) is 7.93. The number of nitrogens with two attached hydrogens (primary N) is 1. The third kappa shape index (κ3) is 5.47. The van der Waals surface area contributed by atoms with Gasteiger partial charge in [-0.2, -0.15) is 0 Å². The topological polar surface area (TPSA) is 64.3 Å². The van der Waals surface area contributed by atoms with Crippen LogP contribution in [0.2, 0.25) is 0 Å². The predicted molar refractivity (Wildman–Crippen MR) is 56.7 cm³/mol. The van der Waals surface area contributed by atoms with Crippen molar-refractivity contribution in [3.8, 4) is 0 Å². The number of hydrogen-bond donors (Lipinski definition) is 2. The van der Waals surface area contributed by atoms with Gasteiger partial charge in [0.05, 0.1) is 12.7 Å². The van der Waals surface area contributed by atoms with Crippen molar-refractivity contribution >= 4 is 11.6 Å². The fourth-order valence-electron chi connectivity index (χ4n) is 0.851. The summed E-state index contributed by atoms with van der Waals surface area (Å²) in [5.74, 6) is -0.337. The molecule has 83 valence electrons. The van der Waals surface area contributed by atoms with E-state index in [1.165, 1.54) is 7.11 Å². The zero-order valence-electron chi connectivity index (χ0n) is 9.15. The second kappa shape index (κ2) is 9.58. The minimum Gasteiger partial charge on any atom is -0.398 e. The Morgan fingerprint density at radius 2 is 1.87 bits per heavy atom. The van der Waals surface area contributed by atoms with Crippen LogP contribution < -0.4 is 11.2 Å². The molecule has 1 amide bonds. The molecule has 0 heterocycles. The minimum atomic E-state index is -0.337. The van der Waals surface area contributed by atoms with Gasteiger partial charge in [-0.25, -0.2) is 5.48 Å². The molecular weight excluding hydrogens is 231 g/mol. The molecule has 0 aliphatic carbocycles. The largest absolute Gasteiger partial charge is 0.398 e. The molecule has 0 atom stereocenters. The third-order valence-electron chi connectivity index (χ3n) is 1.40. The SMILES string of the molecule is CC.CONC(=O)c1ccccc1N.[V]. The number of nitrogens with one attached hydrogen (secondary N) is 1. The monoisotopic (exact) mass is 247 g/mol. The van der Waals surface area contributed by atoms with Crippen molar-refractivity contribution in [1.29, 1.82) is 0 Å². The van der Waals surface area contributed by atoms with E-state index >= 15 is 0 Å². The summed E-state index contributed by atoms with van der Waals surface area (Å²) in [6, 6.07) is 6.79. The Hall–Kier alpha value is -0.966. The fraction of sp³-hybridized carbons (Fsp3) is 0.300. The van der Waals surface area contributed by atoms with Gasteiger partial charge in [-0.15, -0.1) is 0 Å². The summed E-state index contributed by atoms with van der Waals surface area (Å²) in [5.41, 5.74) is 8.57. The summed E-state index contributed by atoms with van der Waals surface area (Å²) in [5, 5.41) is 0. The number of rotatable bonds is 2. The van der Waals surface area contributed by atoms with Crippen LogP contribution >= 0.6 is 0 Å². The van der Waals surface area contributed by atoms with E-state index in [9.17, 15) is 4.79 Å². The molecule has 4 nitrogen and oxygen atoms in total. The van der Waals surface area contributed by atoms with E-state index in [1.807, 2.05) is 13.8 Å². The van der Waals surface area contributed by atoms with Crippen LogP contribution in [0, 0.1) is 0 Å². The number of nitrogen functional groups attached to an aromatic ring is 1. The van der Waals surface area contributed by atoms with E-state index in [0.29, 0.717) is 11.3 Å². The van der Waals surface area contributed by atoms with Crippen molar-refractivity contribution in [2.24, 2.45) is 0 Å². The number of hydrogen-bond acceptors (Lipinski definition) is 3. The first-order chi connectivity index (χ1) is 6.75. The maximum atomic E-state index is 11.1. The van der Waals surface area contributed by atoms with Gasteiger partial charge in [-0.3, -0.25) is 9.63 Å². The van der Waals surface area contributed by atoms with E-state index in [1.54, 1.807) is 24.3 Å². The predicted octanol–water partition coefficient (Wildman–Crippen LogP) is 1.58. The van der Waals surface area contributed by atoms with Crippen LogP contribution in [0.15, 0.2) is 24.3 Å². The summed E-state index contributed by atoms with van der Waals surface area (Å²) in [4.78, 5) is 15.6. The van der Waals surface area contributed by atoms with Crippen molar-refractivity contribution in [2.45, 2.75) is 13.8 Å². The summed E-state index contributed by atoms with van der Waals surface area (Å²) in [6.07, 6.45) is 0. The Kier molecular flexibility index (Phi) is 10.5. The van der Waals surface area contributed by atoms with Crippen LogP contribution in [0.3, 0.4) is 0 Å². The first-order valence-electron chi connectivity index (χ1n) is 4.43. The van der Waals surface area contributed by atoms with Crippen molar-refractivity contribution in [2.75, 3.05) is 12.8 Å². The molecule has 0 bridgehead atoms. The molecule has 0 saturated heterocycles. The molecule has 0 unspecified atom stereocenters. The van der Waals surface area contributed by atoms with E-state index in [2.05, 4.69) is 10.3 Å². The van der Waals surface area contributed by atoms with Gasteiger partial charge >= 0.3 is 0 Å². The van der Waals surface area contributed by atoms with E-state index in [0.717, 1.165) is 0 Å². The van der Waals surface area contributed by atoms with Gasteiger partial charge in [0, 0.05) is 24.2 Å². The Labute approximate surface area is 102 Å². The van der Waals surface area contributed by atoms with Gasteiger partial charge in [0.1, 0.15) is 0 Å². The number of hydroxylamine groups is 1. The number of para-hydroxylation sites is 1. The number of benzene rings is 1. The molecule has 1 aromatic carbocycles. The van der Waals surface area contributed by atoms with Gasteiger partial charge in [-0.1, -0.05) is 26.0 Å². The van der Waals surface area contributed by atoms with Gasteiger partial charge in [0.2, 0.25) is 0 Å². The van der Waals surface area contributed by atoms with Crippen LogP contribution in [-0.2, 0) is 23.4 Å². The zero-order chi connectivity index (χ0) is 11.0. The first-order valence-corrected chi connectivity index (χ1v) is 4.43. The quantitative estimate of drug-likeness (QED) is 0.616. The summed E-state index contributed by atoms with van der Waals surface area (Å²) >= 11 is 0. The van der Waals surface area contributed by atoms with Crippen LogP contribution in [-0.4, -0.2) is 13.0 Å². The molecule has 5 heteroatoms. The van der Waals surface area contributed by atoms with Crippen LogP contribution in [0.25, 0.3) is 0 Å². The second-order valence-corrected chi connectivity index (χ2v) is 2.22. The van der Waals surface area contributed by atoms with Crippen molar-refractivity contribution < 1.29 is 28.2 Å². The number of anilines is 1. The molecule has 0 fully saturated rings. The minimum absolute atomic E-state index is 0. The van der Waals surface area contributed by atoms with Crippen LogP contribution in [0.5, 0.6) is 0 Å². The zero-order valence-corrected chi connectivity index (χ0v) is 10.5. The van der Waals surface area contributed by atoms with Gasteiger partial charge < -0.3 is 5.73 Å². The van der Waals surface area contributed by atoms with Crippen LogP contribution in [0.4, 0.5) is 5.69 Å². The van der Waals surface area contributed by atoms with E-state index in [-0.39, 0.29) is 24.5 Å². The summed E-state index contributed by atoms with van der Waals surface area (Å²) < 4.78 is 0. The Balaban J connectivity index is 0. The Morgan fingerprint density at radius 3 is 2.33 bits per heavy atom. The van der Waals surface area contributed by atoms with Crippen molar-refractivity contribution in [1.82, 2.24) is 5.48 Å². The molecule has 15 heavy (non-hydrogen) atoms. The van der Waals surface area contributed by atoms with Gasteiger partial charge in [0.15, 0.2) is 0 Å². The molecule has 1 rings (SSSR count). The molecule has 1 aromatic rings. The average Bonchev–Trinajstić information content (AvgIpc) is 2.22. The Bertz CT molecular complexity index is 293. The molecule has 1 radical (unpaired) electrons. The van der Waals surface area contributed by atoms with Crippen LogP contribution in [0.1, 0.15) is 24.2 Å². The molecule has 0 aliphatic heterocycles. The first kappa shape index (κ1) is 16.5. The maximum absolute atomic E-state index is 11.1. The van der Waals surface area contributed by atoms with E-state index < -0.39 is 0 Å². The number of amides is 1. The van der Waals surface area contributed by atoms with Gasteiger partial charge in [-0.05, 0) is 12.1 Å². The average molecular weight is 247 g/mol. The maximum Gasteiger partial charge on any atom is 0.276 e. The standard InChI is InChI=1S/C8H10N2O2.C2H6.V/c1-12-10-8(11)6-4-2-3-5-7(6)9;1-2;/h2-5H,9H2,1H3,(H,10,11);1-2H3;. The smallest absolute Gasteiger partial charge is 0.276 e. The molecule has 0 spiro atoms. The summed E-state index contributed by atoms with van der Waals surface area (Å²) in [7, 11) is 1.37. The molecule has 0 aromatic heterocycles. The second-order valence-electron chi connectivity index (χ2n) is 2.22. The summed E-state index contributed by atoms with van der Waals surface area (Å²) in [6.45, 7) is 4.00. The van der Waals surface area contributed by atoms with Gasteiger partial charge in [0.25, 0.3) is 5.91 Å². The fourth-order valence-corrected chi connectivity index (χ4v) is 0.851. The van der Waals surface area contributed by atoms with E-state index in [4.69, 9.17) is 5.73 Å². The Morgan fingerprint density at radius 1 is 1.33 bits per heavy atom.